The summed E-state index contributed by atoms with van der Waals surface area (Å²) in [6, 6.07) is 0.626. The first-order valence-electron chi connectivity index (χ1n) is 5.72. The van der Waals surface area contributed by atoms with E-state index in [1.54, 1.807) is 0 Å². The molecular weight excluding hydrogens is 176 g/mol. The summed E-state index contributed by atoms with van der Waals surface area (Å²) < 4.78 is 5.37. The van der Waals surface area contributed by atoms with Gasteiger partial charge in [-0.25, -0.2) is 0 Å². The van der Waals surface area contributed by atoms with Crippen LogP contribution in [0.2, 0.25) is 0 Å². The van der Waals surface area contributed by atoms with Crippen LogP contribution in [0, 0.1) is 0 Å². The van der Waals surface area contributed by atoms with Crippen molar-refractivity contribution in [3.05, 3.63) is 0 Å². The fourth-order valence-electron chi connectivity index (χ4n) is 1.99. The second-order valence-corrected chi connectivity index (χ2v) is 4.49. The summed E-state index contributed by atoms with van der Waals surface area (Å²) in [7, 11) is 0. The second kappa shape index (κ2) is 5.10. The van der Waals surface area contributed by atoms with Crippen molar-refractivity contribution in [3.8, 4) is 0 Å². The van der Waals surface area contributed by atoms with Crippen LogP contribution in [0.15, 0.2) is 0 Å². The van der Waals surface area contributed by atoms with Crippen LogP contribution >= 0.6 is 0 Å². The van der Waals surface area contributed by atoms with E-state index in [0.29, 0.717) is 6.04 Å². The summed E-state index contributed by atoms with van der Waals surface area (Å²) in [5.41, 5.74) is 6.16. The summed E-state index contributed by atoms with van der Waals surface area (Å²) in [6.07, 6.45) is 2.19. The van der Waals surface area contributed by atoms with Gasteiger partial charge in [-0.3, -0.25) is 4.90 Å². The molecule has 0 radical (unpaired) electrons. The quantitative estimate of drug-likeness (QED) is 0.725. The Balaban J connectivity index is 2.46. The molecule has 84 valence electrons. The molecule has 2 atom stereocenters. The van der Waals surface area contributed by atoms with E-state index >= 15 is 0 Å². The SMILES string of the molecule is CCC(C)N(CC)CC1(N)CCOC1. The summed E-state index contributed by atoms with van der Waals surface area (Å²) in [5.74, 6) is 0. The van der Waals surface area contributed by atoms with E-state index < -0.39 is 0 Å². The van der Waals surface area contributed by atoms with E-state index in [9.17, 15) is 0 Å². The van der Waals surface area contributed by atoms with E-state index in [-0.39, 0.29) is 5.54 Å². The largest absolute Gasteiger partial charge is 0.379 e. The molecule has 0 aromatic heterocycles. The fraction of sp³-hybridized carbons (Fsp3) is 1.00. The number of ether oxygens (including phenoxy) is 1. The summed E-state index contributed by atoms with van der Waals surface area (Å²) in [6.45, 7) is 10.3. The zero-order valence-corrected chi connectivity index (χ0v) is 9.75. The van der Waals surface area contributed by atoms with Gasteiger partial charge < -0.3 is 10.5 Å². The lowest BCUT2D eigenvalue weighted by Crippen LogP contribution is -2.52. The molecule has 0 aromatic carbocycles. The molecular formula is C11H24N2O. The summed E-state index contributed by atoms with van der Waals surface area (Å²) in [4.78, 5) is 2.45. The Morgan fingerprint density at radius 3 is 2.64 bits per heavy atom. The first-order chi connectivity index (χ1) is 6.61. The summed E-state index contributed by atoms with van der Waals surface area (Å²) in [5, 5.41) is 0. The number of likely N-dealkylation sites (N-methyl/N-ethyl adjacent to an activating group) is 1. The van der Waals surface area contributed by atoms with Crippen molar-refractivity contribution in [1.29, 1.82) is 0 Å². The van der Waals surface area contributed by atoms with Crippen LogP contribution in [0.25, 0.3) is 0 Å². The topological polar surface area (TPSA) is 38.5 Å². The summed E-state index contributed by atoms with van der Waals surface area (Å²) >= 11 is 0. The van der Waals surface area contributed by atoms with Gasteiger partial charge >= 0.3 is 0 Å². The van der Waals surface area contributed by atoms with Gasteiger partial charge in [-0.05, 0) is 26.3 Å². The third-order valence-electron chi connectivity index (χ3n) is 3.27. The predicted octanol–water partition coefficient (Wildman–Crippen LogP) is 1.22. The molecule has 0 amide bonds. The van der Waals surface area contributed by atoms with Crippen LogP contribution in [-0.2, 0) is 4.74 Å². The molecule has 2 unspecified atom stereocenters. The van der Waals surface area contributed by atoms with Crippen molar-refractivity contribution in [2.24, 2.45) is 5.73 Å². The minimum Gasteiger partial charge on any atom is -0.379 e. The number of rotatable bonds is 5. The van der Waals surface area contributed by atoms with Crippen molar-refractivity contribution in [3.63, 3.8) is 0 Å². The Kier molecular flexibility index (Phi) is 4.35. The van der Waals surface area contributed by atoms with E-state index in [1.165, 1.54) is 6.42 Å². The Hall–Kier alpha value is -0.120. The first kappa shape index (κ1) is 12.0. The first-order valence-corrected chi connectivity index (χ1v) is 5.72. The molecule has 0 aromatic rings. The van der Waals surface area contributed by atoms with Crippen molar-refractivity contribution in [1.82, 2.24) is 4.90 Å². The molecule has 1 saturated heterocycles. The minimum absolute atomic E-state index is 0.0978. The van der Waals surface area contributed by atoms with Gasteiger partial charge in [0.2, 0.25) is 0 Å². The Morgan fingerprint density at radius 2 is 2.21 bits per heavy atom. The van der Waals surface area contributed by atoms with Crippen molar-refractivity contribution in [2.75, 3.05) is 26.3 Å². The van der Waals surface area contributed by atoms with Gasteiger partial charge in [0.05, 0.1) is 12.1 Å². The van der Waals surface area contributed by atoms with E-state index in [1.807, 2.05) is 0 Å². The van der Waals surface area contributed by atoms with E-state index in [0.717, 1.165) is 32.7 Å². The zero-order chi connectivity index (χ0) is 10.6. The zero-order valence-electron chi connectivity index (χ0n) is 9.75. The van der Waals surface area contributed by atoms with Gasteiger partial charge in [0.25, 0.3) is 0 Å². The highest BCUT2D eigenvalue weighted by atomic mass is 16.5. The van der Waals surface area contributed by atoms with Crippen LogP contribution in [0.1, 0.15) is 33.6 Å². The van der Waals surface area contributed by atoms with E-state index in [4.69, 9.17) is 10.5 Å². The highest BCUT2D eigenvalue weighted by Gasteiger charge is 2.32. The Labute approximate surface area is 87.6 Å². The number of nitrogens with two attached hydrogens (primary N) is 1. The highest BCUT2D eigenvalue weighted by molar-refractivity contribution is 4.91. The average Bonchev–Trinajstić information content (AvgIpc) is 2.61. The highest BCUT2D eigenvalue weighted by Crippen LogP contribution is 2.18. The molecule has 0 bridgehead atoms. The fourth-order valence-corrected chi connectivity index (χ4v) is 1.99. The average molecular weight is 200 g/mol. The van der Waals surface area contributed by atoms with Crippen LogP contribution in [0.4, 0.5) is 0 Å². The van der Waals surface area contributed by atoms with Crippen LogP contribution < -0.4 is 5.73 Å². The molecule has 3 nitrogen and oxygen atoms in total. The minimum atomic E-state index is -0.0978. The smallest absolute Gasteiger partial charge is 0.0659 e. The van der Waals surface area contributed by atoms with Crippen LogP contribution in [-0.4, -0.2) is 42.8 Å². The normalized spacial score (nSPS) is 29.8. The van der Waals surface area contributed by atoms with Gasteiger partial charge in [-0.1, -0.05) is 13.8 Å². The molecule has 1 heterocycles. The van der Waals surface area contributed by atoms with Gasteiger partial charge in [0.15, 0.2) is 0 Å². The molecule has 0 aliphatic carbocycles. The van der Waals surface area contributed by atoms with E-state index in [2.05, 4.69) is 25.7 Å². The van der Waals surface area contributed by atoms with Gasteiger partial charge in [0, 0.05) is 19.2 Å². The van der Waals surface area contributed by atoms with Crippen LogP contribution in [0.5, 0.6) is 0 Å². The molecule has 1 rings (SSSR count). The van der Waals surface area contributed by atoms with Gasteiger partial charge in [-0.2, -0.15) is 0 Å². The molecule has 14 heavy (non-hydrogen) atoms. The van der Waals surface area contributed by atoms with Crippen molar-refractivity contribution >= 4 is 0 Å². The molecule has 2 N–H and O–H groups in total. The molecule has 1 aliphatic heterocycles. The molecule has 0 spiro atoms. The maximum absolute atomic E-state index is 6.26. The lowest BCUT2D eigenvalue weighted by molar-refractivity contribution is 0.135. The Morgan fingerprint density at radius 1 is 1.50 bits per heavy atom. The number of nitrogens with zero attached hydrogens (tertiary/aromatic N) is 1. The maximum Gasteiger partial charge on any atom is 0.0659 e. The van der Waals surface area contributed by atoms with Gasteiger partial charge in [-0.15, -0.1) is 0 Å². The second-order valence-electron chi connectivity index (χ2n) is 4.49. The van der Waals surface area contributed by atoms with Crippen molar-refractivity contribution < 1.29 is 4.74 Å². The molecule has 1 fully saturated rings. The number of hydrogen-bond donors (Lipinski definition) is 1. The van der Waals surface area contributed by atoms with Gasteiger partial charge in [0.1, 0.15) is 0 Å². The molecule has 1 aliphatic rings. The molecule has 3 heteroatoms. The third-order valence-corrected chi connectivity index (χ3v) is 3.27. The number of hydrogen-bond acceptors (Lipinski definition) is 3. The lowest BCUT2D eigenvalue weighted by atomic mass is 9.98. The third kappa shape index (κ3) is 2.94. The lowest BCUT2D eigenvalue weighted by Gasteiger charge is -2.34. The monoisotopic (exact) mass is 200 g/mol. The predicted molar refractivity (Wildman–Crippen MR) is 59.4 cm³/mol. The standard InChI is InChI=1S/C11H24N2O/c1-4-10(3)13(5-2)8-11(12)6-7-14-9-11/h10H,4-9,12H2,1-3H3. The maximum atomic E-state index is 6.26. The molecule has 0 saturated carbocycles. The Bertz CT molecular complexity index is 167. The van der Waals surface area contributed by atoms with Crippen molar-refractivity contribution in [2.45, 2.75) is 45.2 Å². The van der Waals surface area contributed by atoms with Crippen LogP contribution in [0.3, 0.4) is 0 Å².